The second kappa shape index (κ2) is 5.49. The molecule has 1 atom stereocenters. The third kappa shape index (κ3) is 3.07. The van der Waals surface area contributed by atoms with Crippen molar-refractivity contribution in [3.63, 3.8) is 0 Å². The average Bonchev–Trinajstić information content (AvgIpc) is 2.29. The molecule has 0 radical (unpaired) electrons. The molecule has 92 valence electrons. The summed E-state index contributed by atoms with van der Waals surface area (Å²) in [7, 11) is 0. The Labute approximate surface area is 104 Å². The summed E-state index contributed by atoms with van der Waals surface area (Å²) in [5.74, 6) is 0. The van der Waals surface area contributed by atoms with E-state index in [2.05, 4.69) is 5.32 Å². The van der Waals surface area contributed by atoms with Gasteiger partial charge in [0.2, 0.25) is 0 Å². The van der Waals surface area contributed by atoms with Gasteiger partial charge in [0, 0.05) is 18.6 Å². The molecule has 1 aromatic carbocycles. The van der Waals surface area contributed by atoms with Crippen molar-refractivity contribution >= 4 is 24.2 Å². The molecule has 0 unspecified atom stereocenters. The van der Waals surface area contributed by atoms with Crippen LogP contribution in [0.25, 0.3) is 0 Å². The lowest BCUT2D eigenvalue weighted by Gasteiger charge is -2.23. The molecule has 1 aliphatic rings. The fourth-order valence-electron chi connectivity index (χ4n) is 1.60. The number of nitrogens with one attached hydrogen (secondary N) is 1. The van der Waals surface area contributed by atoms with Gasteiger partial charge in [0.05, 0.1) is 17.6 Å². The summed E-state index contributed by atoms with van der Waals surface area (Å²) < 4.78 is 4.73. The number of ether oxygens (including phenoxy) is 1. The van der Waals surface area contributed by atoms with Gasteiger partial charge < -0.3 is 10.1 Å². The van der Waals surface area contributed by atoms with Gasteiger partial charge in [0.1, 0.15) is 0 Å². The third-order valence-electron chi connectivity index (χ3n) is 2.44. The van der Waals surface area contributed by atoms with Crippen molar-refractivity contribution in [3.8, 4) is 0 Å². The monoisotopic (exact) mass is 258 g/mol. The SMILES string of the molecule is Cl.O=C1N[C@@H](c2ccc([N+](=O)[O-])cc2)CCO1. The molecule has 1 aromatic rings. The zero-order chi connectivity index (χ0) is 11.5. The molecule has 1 N–H and O–H groups in total. The van der Waals surface area contributed by atoms with E-state index in [1.165, 1.54) is 12.1 Å². The van der Waals surface area contributed by atoms with Crippen LogP contribution in [0.4, 0.5) is 10.5 Å². The summed E-state index contributed by atoms with van der Waals surface area (Å²) >= 11 is 0. The smallest absolute Gasteiger partial charge is 0.407 e. The lowest BCUT2D eigenvalue weighted by Crippen LogP contribution is -2.35. The maximum absolute atomic E-state index is 11.0. The molecular weight excluding hydrogens is 248 g/mol. The van der Waals surface area contributed by atoms with Crippen molar-refractivity contribution in [1.29, 1.82) is 0 Å². The minimum atomic E-state index is -0.452. The van der Waals surface area contributed by atoms with Crippen LogP contribution in [-0.2, 0) is 4.74 Å². The molecule has 0 aliphatic carbocycles. The molecule has 1 heterocycles. The molecule has 0 saturated carbocycles. The first-order chi connectivity index (χ1) is 7.66. The van der Waals surface area contributed by atoms with Crippen LogP contribution in [0, 0.1) is 10.1 Å². The van der Waals surface area contributed by atoms with Gasteiger partial charge >= 0.3 is 6.09 Å². The maximum atomic E-state index is 11.0. The molecule has 2 rings (SSSR count). The highest BCUT2D eigenvalue weighted by atomic mass is 35.5. The quantitative estimate of drug-likeness (QED) is 0.651. The first kappa shape index (κ1) is 13.2. The largest absolute Gasteiger partial charge is 0.449 e. The molecule has 17 heavy (non-hydrogen) atoms. The van der Waals surface area contributed by atoms with Crippen LogP contribution in [-0.4, -0.2) is 17.6 Å². The molecule has 0 bridgehead atoms. The minimum absolute atomic E-state index is 0. The van der Waals surface area contributed by atoms with Crippen molar-refractivity contribution in [1.82, 2.24) is 5.32 Å². The van der Waals surface area contributed by atoms with Crippen LogP contribution in [0.5, 0.6) is 0 Å². The minimum Gasteiger partial charge on any atom is -0.449 e. The molecule has 1 fully saturated rings. The average molecular weight is 259 g/mol. The molecule has 6 nitrogen and oxygen atoms in total. The molecule has 7 heteroatoms. The summed E-state index contributed by atoms with van der Waals surface area (Å²) in [4.78, 5) is 21.0. The predicted octanol–water partition coefficient (Wildman–Crippen LogP) is 2.19. The van der Waals surface area contributed by atoms with E-state index in [9.17, 15) is 14.9 Å². The van der Waals surface area contributed by atoms with Crippen molar-refractivity contribution in [2.45, 2.75) is 12.5 Å². The zero-order valence-electron chi connectivity index (χ0n) is 8.79. The van der Waals surface area contributed by atoms with Crippen LogP contribution in [0.2, 0.25) is 0 Å². The zero-order valence-corrected chi connectivity index (χ0v) is 9.61. The number of hydrogen-bond acceptors (Lipinski definition) is 4. The summed E-state index contributed by atoms with van der Waals surface area (Å²) in [6.45, 7) is 0.369. The molecule has 1 saturated heterocycles. The number of carbonyl (C=O) groups excluding carboxylic acids is 1. The number of halogens is 1. The first-order valence-electron chi connectivity index (χ1n) is 4.84. The van der Waals surface area contributed by atoms with Crippen molar-refractivity contribution in [2.75, 3.05) is 6.61 Å². The molecular formula is C10H11ClN2O4. The number of benzene rings is 1. The first-order valence-corrected chi connectivity index (χ1v) is 4.84. The number of rotatable bonds is 2. The Balaban J connectivity index is 0.00000144. The van der Waals surface area contributed by atoms with Crippen LogP contribution >= 0.6 is 12.4 Å². The lowest BCUT2D eigenvalue weighted by molar-refractivity contribution is -0.384. The van der Waals surface area contributed by atoms with E-state index in [1.807, 2.05) is 0 Å². The fraction of sp³-hybridized carbons (Fsp3) is 0.300. The topological polar surface area (TPSA) is 81.5 Å². The van der Waals surface area contributed by atoms with Crippen LogP contribution in [0.1, 0.15) is 18.0 Å². The van der Waals surface area contributed by atoms with Crippen LogP contribution < -0.4 is 5.32 Å². The highest BCUT2D eigenvalue weighted by Crippen LogP contribution is 2.22. The number of amides is 1. The van der Waals surface area contributed by atoms with E-state index in [0.29, 0.717) is 13.0 Å². The van der Waals surface area contributed by atoms with E-state index < -0.39 is 11.0 Å². The van der Waals surface area contributed by atoms with Crippen molar-refractivity contribution in [2.24, 2.45) is 0 Å². The summed E-state index contributed by atoms with van der Waals surface area (Å²) in [5.41, 5.74) is 0.893. The van der Waals surface area contributed by atoms with Gasteiger partial charge in [-0.25, -0.2) is 4.79 Å². The van der Waals surface area contributed by atoms with Crippen LogP contribution in [0.3, 0.4) is 0 Å². The number of nitro benzene ring substituents is 1. The number of hydrogen-bond donors (Lipinski definition) is 1. The Bertz CT molecular complexity index is 421. The second-order valence-electron chi connectivity index (χ2n) is 3.47. The van der Waals surface area contributed by atoms with Crippen molar-refractivity contribution < 1.29 is 14.5 Å². The Morgan fingerprint density at radius 1 is 1.35 bits per heavy atom. The number of carbonyl (C=O) groups is 1. The molecule has 1 amide bonds. The molecule has 1 aliphatic heterocycles. The maximum Gasteiger partial charge on any atom is 0.407 e. The van der Waals surface area contributed by atoms with Gasteiger partial charge in [-0.2, -0.15) is 0 Å². The number of nitrogens with zero attached hydrogens (tertiary/aromatic N) is 1. The summed E-state index contributed by atoms with van der Waals surface area (Å²) in [5, 5.41) is 13.1. The number of nitro groups is 1. The van der Waals surface area contributed by atoms with E-state index in [4.69, 9.17) is 4.74 Å². The van der Waals surface area contributed by atoms with Gasteiger partial charge in [0.15, 0.2) is 0 Å². The number of non-ortho nitro benzene ring substituents is 1. The normalized spacial score (nSPS) is 18.6. The lowest BCUT2D eigenvalue weighted by atomic mass is 10.0. The van der Waals surface area contributed by atoms with E-state index >= 15 is 0 Å². The van der Waals surface area contributed by atoms with E-state index in [-0.39, 0.29) is 24.1 Å². The molecule has 0 spiro atoms. The van der Waals surface area contributed by atoms with Gasteiger partial charge in [-0.15, -0.1) is 12.4 Å². The summed E-state index contributed by atoms with van der Waals surface area (Å²) in [6.07, 6.45) is 0.221. The van der Waals surface area contributed by atoms with Crippen LogP contribution in [0.15, 0.2) is 24.3 Å². The highest BCUT2D eigenvalue weighted by molar-refractivity contribution is 5.85. The predicted molar refractivity (Wildman–Crippen MR) is 62.2 cm³/mol. The fourth-order valence-corrected chi connectivity index (χ4v) is 1.60. The Kier molecular flexibility index (Phi) is 4.28. The Morgan fingerprint density at radius 3 is 2.53 bits per heavy atom. The summed E-state index contributed by atoms with van der Waals surface area (Å²) in [6, 6.07) is 6.03. The second-order valence-corrected chi connectivity index (χ2v) is 3.47. The van der Waals surface area contributed by atoms with Gasteiger partial charge in [0.25, 0.3) is 5.69 Å². The highest BCUT2D eigenvalue weighted by Gasteiger charge is 2.21. The van der Waals surface area contributed by atoms with E-state index in [0.717, 1.165) is 5.56 Å². The third-order valence-corrected chi connectivity index (χ3v) is 2.44. The van der Waals surface area contributed by atoms with E-state index in [1.54, 1.807) is 12.1 Å². The van der Waals surface area contributed by atoms with Crippen molar-refractivity contribution in [3.05, 3.63) is 39.9 Å². The number of alkyl carbamates (subject to hydrolysis) is 1. The van der Waals surface area contributed by atoms with Gasteiger partial charge in [-0.05, 0) is 5.56 Å². The Hall–Kier alpha value is -1.82. The van der Waals surface area contributed by atoms with Gasteiger partial charge in [-0.1, -0.05) is 12.1 Å². The standard InChI is InChI=1S/C10H10N2O4.ClH/c13-10-11-9(5-6-16-10)7-1-3-8(4-2-7)12(14)15;/h1-4,9H,5-6H2,(H,11,13);1H/t9-;/m1./s1. The number of cyclic esters (lactones) is 1. The van der Waals surface area contributed by atoms with Gasteiger partial charge in [-0.3, -0.25) is 10.1 Å². The Morgan fingerprint density at radius 2 is 2.00 bits per heavy atom. The molecule has 0 aromatic heterocycles.